The summed E-state index contributed by atoms with van der Waals surface area (Å²) in [5.41, 5.74) is 0. The summed E-state index contributed by atoms with van der Waals surface area (Å²) in [6.45, 7) is 8.43. The number of alkyl halides is 2. The van der Waals surface area contributed by atoms with Crippen molar-refractivity contribution in [2.24, 2.45) is 0 Å². The van der Waals surface area contributed by atoms with Gasteiger partial charge in [0.25, 0.3) is 0 Å². The number of rotatable bonds is 12. The van der Waals surface area contributed by atoms with Gasteiger partial charge in [-0.25, -0.2) is 0 Å². The molecule has 0 aromatic heterocycles. The summed E-state index contributed by atoms with van der Waals surface area (Å²) in [6.07, 6.45) is 3.99. The van der Waals surface area contributed by atoms with E-state index in [9.17, 15) is 9.59 Å². The zero-order valence-electron chi connectivity index (χ0n) is 14.8. The molecule has 0 bridgehead atoms. The van der Waals surface area contributed by atoms with Crippen LogP contribution in [0.2, 0.25) is 0 Å². The average molecular weight is 369 g/mol. The van der Waals surface area contributed by atoms with Gasteiger partial charge in [0.1, 0.15) is 6.42 Å². The SMILES string of the molecule is CCC(Cl)(CC)CCOC(=O)CC(=O)OCCC(Cl)(CC)CC. The van der Waals surface area contributed by atoms with E-state index in [0.717, 1.165) is 25.7 Å². The predicted molar refractivity (Wildman–Crippen MR) is 94.1 cm³/mol. The summed E-state index contributed by atoms with van der Waals surface area (Å²) in [5, 5.41) is 0. The van der Waals surface area contributed by atoms with Crippen molar-refractivity contribution in [2.45, 2.75) is 82.4 Å². The average Bonchev–Trinajstić information content (AvgIpc) is 2.54. The van der Waals surface area contributed by atoms with Crippen LogP contribution in [0.15, 0.2) is 0 Å². The van der Waals surface area contributed by atoms with E-state index in [1.807, 2.05) is 27.7 Å². The van der Waals surface area contributed by atoms with Crippen molar-refractivity contribution < 1.29 is 19.1 Å². The van der Waals surface area contributed by atoms with Crippen molar-refractivity contribution in [2.75, 3.05) is 13.2 Å². The van der Waals surface area contributed by atoms with Crippen molar-refractivity contribution in [3.63, 3.8) is 0 Å². The van der Waals surface area contributed by atoms with Crippen LogP contribution in [0.4, 0.5) is 0 Å². The molecule has 0 rings (SSSR count). The highest BCUT2D eigenvalue weighted by Crippen LogP contribution is 2.28. The molecule has 0 saturated carbocycles. The molecule has 0 fully saturated rings. The summed E-state index contributed by atoms with van der Waals surface area (Å²) in [7, 11) is 0. The van der Waals surface area contributed by atoms with E-state index in [1.54, 1.807) is 0 Å². The molecule has 0 heterocycles. The predicted octanol–water partition coefficient (Wildman–Crippen LogP) is 4.84. The van der Waals surface area contributed by atoms with Crippen molar-refractivity contribution in [3.8, 4) is 0 Å². The van der Waals surface area contributed by atoms with Gasteiger partial charge in [0.15, 0.2) is 0 Å². The standard InChI is InChI=1S/C17H30Cl2O4/c1-5-16(18,6-2)9-11-22-14(20)13-15(21)23-12-10-17(19,7-3)8-4/h5-13H2,1-4H3. The molecular weight excluding hydrogens is 339 g/mol. The number of carbonyl (C=O) groups is 2. The van der Waals surface area contributed by atoms with Gasteiger partial charge in [0.2, 0.25) is 0 Å². The Hall–Kier alpha value is -0.480. The van der Waals surface area contributed by atoms with Gasteiger partial charge in [0, 0.05) is 22.6 Å². The van der Waals surface area contributed by atoms with Gasteiger partial charge in [-0.2, -0.15) is 0 Å². The Bertz CT molecular complexity index is 330. The van der Waals surface area contributed by atoms with Gasteiger partial charge in [-0.1, -0.05) is 27.7 Å². The zero-order valence-corrected chi connectivity index (χ0v) is 16.3. The molecule has 0 aliphatic carbocycles. The molecule has 0 aromatic rings. The van der Waals surface area contributed by atoms with Gasteiger partial charge < -0.3 is 9.47 Å². The summed E-state index contributed by atoms with van der Waals surface area (Å²) in [6, 6.07) is 0. The summed E-state index contributed by atoms with van der Waals surface area (Å²) in [4.78, 5) is 22.5. The van der Waals surface area contributed by atoms with E-state index in [4.69, 9.17) is 32.7 Å². The highest BCUT2D eigenvalue weighted by Gasteiger charge is 2.24. The van der Waals surface area contributed by atoms with Crippen molar-refractivity contribution in [3.05, 3.63) is 0 Å². The van der Waals surface area contributed by atoms with E-state index < -0.39 is 11.9 Å². The fraction of sp³-hybridized carbons (Fsp3) is 0.882. The smallest absolute Gasteiger partial charge is 0.317 e. The number of esters is 2. The zero-order chi connectivity index (χ0) is 17.9. The van der Waals surface area contributed by atoms with Crippen LogP contribution in [-0.4, -0.2) is 34.9 Å². The Morgan fingerprint density at radius 1 is 0.739 bits per heavy atom. The third kappa shape index (κ3) is 9.41. The second kappa shape index (κ2) is 11.1. The third-order valence-electron chi connectivity index (χ3n) is 4.45. The molecule has 0 aromatic carbocycles. The maximum atomic E-state index is 11.6. The molecule has 23 heavy (non-hydrogen) atoms. The van der Waals surface area contributed by atoms with E-state index in [2.05, 4.69) is 0 Å². The first-order chi connectivity index (χ1) is 10.7. The van der Waals surface area contributed by atoms with Crippen molar-refractivity contribution in [1.82, 2.24) is 0 Å². The van der Waals surface area contributed by atoms with Crippen molar-refractivity contribution in [1.29, 1.82) is 0 Å². The lowest BCUT2D eigenvalue weighted by Crippen LogP contribution is -2.24. The molecule has 0 saturated heterocycles. The van der Waals surface area contributed by atoms with Crippen LogP contribution in [0.5, 0.6) is 0 Å². The van der Waals surface area contributed by atoms with Gasteiger partial charge in [0.05, 0.1) is 13.2 Å². The molecule has 0 radical (unpaired) electrons. The number of carbonyl (C=O) groups excluding carboxylic acids is 2. The van der Waals surface area contributed by atoms with Crippen LogP contribution in [0.25, 0.3) is 0 Å². The van der Waals surface area contributed by atoms with E-state index >= 15 is 0 Å². The summed E-state index contributed by atoms with van der Waals surface area (Å²) in [5.74, 6) is -1.16. The first kappa shape index (κ1) is 22.5. The number of hydrogen-bond donors (Lipinski definition) is 0. The number of halogens is 2. The molecule has 0 aliphatic rings. The Balaban J connectivity index is 3.97. The Kier molecular flexibility index (Phi) is 10.9. The third-order valence-corrected chi connectivity index (χ3v) is 5.90. The summed E-state index contributed by atoms with van der Waals surface area (Å²) < 4.78 is 10.1. The monoisotopic (exact) mass is 368 g/mol. The Labute approximate surface area is 150 Å². The molecule has 0 amide bonds. The number of ether oxygens (including phenoxy) is 2. The highest BCUT2D eigenvalue weighted by molar-refractivity contribution is 6.24. The molecule has 6 heteroatoms. The topological polar surface area (TPSA) is 52.6 Å². The van der Waals surface area contributed by atoms with Crippen LogP contribution in [0.3, 0.4) is 0 Å². The fourth-order valence-electron chi connectivity index (χ4n) is 2.12. The van der Waals surface area contributed by atoms with E-state index in [-0.39, 0.29) is 29.4 Å². The van der Waals surface area contributed by atoms with Gasteiger partial charge in [-0.05, 0) is 25.7 Å². The van der Waals surface area contributed by atoms with Gasteiger partial charge in [-0.15, -0.1) is 23.2 Å². The molecule has 0 spiro atoms. The minimum atomic E-state index is -0.579. The second-order valence-electron chi connectivity index (χ2n) is 5.83. The molecule has 0 N–H and O–H groups in total. The minimum Gasteiger partial charge on any atom is -0.465 e. The lowest BCUT2D eigenvalue weighted by molar-refractivity contribution is -0.154. The fourth-order valence-corrected chi connectivity index (χ4v) is 2.28. The number of hydrogen-bond acceptors (Lipinski definition) is 4. The normalized spacial score (nSPS) is 12.1. The molecular formula is C17H30Cl2O4. The van der Waals surface area contributed by atoms with Crippen LogP contribution >= 0.6 is 23.2 Å². The molecule has 0 atom stereocenters. The Morgan fingerprint density at radius 2 is 1.04 bits per heavy atom. The molecule has 4 nitrogen and oxygen atoms in total. The second-order valence-corrected chi connectivity index (χ2v) is 7.44. The highest BCUT2D eigenvalue weighted by atomic mass is 35.5. The maximum absolute atomic E-state index is 11.6. The van der Waals surface area contributed by atoms with Crippen LogP contribution in [0.1, 0.15) is 72.6 Å². The van der Waals surface area contributed by atoms with E-state index in [0.29, 0.717) is 12.8 Å². The van der Waals surface area contributed by atoms with Crippen LogP contribution in [-0.2, 0) is 19.1 Å². The Morgan fingerprint density at radius 3 is 1.30 bits per heavy atom. The lowest BCUT2D eigenvalue weighted by Gasteiger charge is -2.23. The van der Waals surface area contributed by atoms with Crippen molar-refractivity contribution >= 4 is 35.1 Å². The molecule has 0 unspecified atom stereocenters. The van der Waals surface area contributed by atoms with E-state index in [1.165, 1.54) is 0 Å². The molecule has 136 valence electrons. The van der Waals surface area contributed by atoms with Crippen LogP contribution in [0, 0.1) is 0 Å². The largest absolute Gasteiger partial charge is 0.465 e. The first-order valence-electron chi connectivity index (χ1n) is 8.43. The summed E-state index contributed by atoms with van der Waals surface area (Å²) >= 11 is 12.7. The van der Waals surface area contributed by atoms with Crippen LogP contribution < -0.4 is 0 Å². The lowest BCUT2D eigenvalue weighted by atomic mass is 9.99. The molecule has 0 aliphatic heterocycles. The maximum Gasteiger partial charge on any atom is 0.317 e. The van der Waals surface area contributed by atoms with Gasteiger partial charge in [-0.3, -0.25) is 9.59 Å². The minimum absolute atomic E-state index is 0.216. The first-order valence-corrected chi connectivity index (χ1v) is 9.18. The van der Waals surface area contributed by atoms with Gasteiger partial charge >= 0.3 is 11.9 Å². The quantitative estimate of drug-likeness (QED) is 0.281.